The molecule has 0 amide bonds. The molecule has 8 nitrogen and oxygen atoms in total. The van der Waals surface area contributed by atoms with Gasteiger partial charge >= 0.3 is 0 Å². The normalized spacial score (nSPS) is 34.8. The van der Waals surface area contributed by atoms with E-state index in [1.54, 1.807) is 0 Å². The number of fused-ring (bicyclic) bond motifs is 1. The molecule has 4 fully saturated rings. The van der Waals surface area contributed by atoms with Crippen LogP contribution in [0.4, 0.5) is 0 Å². The highest BCUT2D eigenvalue weighted by atomic mass is 16.3. The number of unbranched alkanes of at least 4 members (excludes halogenated alkanes) is 2. The number of nitrogens with zero attached hydrogens (tertiary/aromatic N) is 2. The Morgan fingerprint density at radius 3 is 2.33 bits per heavy atom. The number of rotatable bonds is 15. The third-order valence-electron chi connectivity index (χ3n) is 10.2. The van der Waals surface area contributed by atoms with E-state index in [9.17, 15) is 15.3 Å². The van der Waals surface area contributed by atoms with Crippen molar-refractivity contribution in [3.8, 4) is 0 Å². The van der Waals surface area contributed by atoms with Crippen molar-refractivity contribution in [2.45, 2.75) is 135 Å². The van der Waals surface area contributed by atoms with Gasteiger partial charge in [0.1, 0.15) is 12.5 Å². The smallest absolute Gasteiger partial charge is 0.119 e. The zero-order valence-corrected chi connectivity index (χ0v) is 25.6. The van der Waals surface area contributed by atoms with E-state index < -0.39 is 12.5 Å². The molecule has 8 heteroatoms. The van der Waals surface area contributed by atoms with E-state index in [1.807, 2.05) is 0 Å². The van der Waals surface area contributed by atoms with Crippen LogP contribution in [0.1, 0.15) is 98.3 Å². The van der Waals surface area contributed by atoms with Crippen molar-refractivity contribution in [3.63, 3.8) is 0 Å². The largest absolute Gasteiger partial charge is 0.395 e. The molecular formula is C31H63N5O3. The Morgan fingerprint density at radius 1 is 1.08 bits per heavy atom. The summed E-state index contributed by atoms with van der Waals surface area (Å²) in [7, 11) is 0. The monoisotopic (exact) mass is 553 g/mol. The highest BCUT2D eigenvalue weighted by Gasteiger charge is 2.45. The van der Waals surface area contributed by atoms with Crippen LogP contribution in [0.3, 0.4) is 0 Å². The minimum atomic E-state index is -0.446. The maximum absolute atomic E-state index is 10.7. The van der Waals surface area contributed by atoms with Gasteiger partial charge in [-0.2, -0.15) is 0 Å². The summed E-state index contributed by atoms with van der Waals surface area (Å²) < 4.78 is 0. The molecule has 2 saturated heterocycles. The van der Waals surface area contributed by atoms with Gasteiger partial charge in [-0.05, 0) is 82.1 Å². The zero-order valence-electron chi connectivity index (χ0n) is 25.6. The second-order valence-corrected chi connectivity index (χ2v) is 13.2. The molecule has 2 aliphatic heterocycles. The van der Waals surface area contributed by atoms with Crippen LogP contribution in [0.5, 0.6) is 0 Å². The van der Waals surface area contributed by atoms with E-state index in [2.05, 4.69) is 48.1 Å². The van der Waals surface area contributed by atoms with Crippen LogP contribution >= 0.6 is 0 Å². The molecular weight excluding hydrogens is 490 g/mol. The number of hydrogen-bond donors (Lipinski definition) is 6. The van der Waals surface area contributed by atoms with Gasteiger partial charge in [0.25, 0.3) is 0 Å². The van der Waals surface area contributed by atoms with E-state index in [0.717, 1.165) is 69.6 Å². The number of nitrogens with one attached hydrogen (secondary N) is 2. The highest BCUT2D eigenvalue weighted by molar-refractivity contribution is 4.99. The Bertz CT molecular complexity index is 664. The maximum atomic E-state index is 10.7. The van der Waals surface area contributed by atoms with Gasteiger partial charge in [0.2, 0.25) is 0 Å². The summed E-state index contributed by atoms with van der Waals surface area (Å²) >= 11 is 0. The van der Waals surface area contributed by atoms with Crippen molar-refractivity contribution in [2.24, 2.45) is 29.4 Å². The van der Waals surface area contributed by atoms with E-state index >= 15 is 0 Å². The lowest BCUT2D eigenvalue weighted by atomic mass is 9.78. The summed E-state index contributed by atoms with van der Waals surface area (Å²) in [5, 5.41) is 37.3. The fourth-order valence-corrected chi connectivity index (χ4v) is 7.61. The van der Waals surface area contributed by atoms with Crippen LogP contribution in [-0.2, 0) is 0 Å². The second-order valence-electron chi connectivity index (χ2n) is 13.2. The Labute approximate surface area is 239 Å². The third kappa shape index (κ3) is 9.88. The van der Waals surface area contributed by atoms with Crippen molar-refractivity contribution in [3.05, 3.63) is 0 Å². The minimum absolute atomic E-state index is 0.232. The standard InChI is InChI=1S/C21H39N3O2.C10H24N2O/c1-13-7-19(13)14(2)24-11-16(9-17(24)12-25)23-21(26)8-15-10-22-20-6-4-3-5-18(15)20;1-3-5-7-12(8-6-4-2)10(13)9-11/h13-23,25-26H,3-12H2,1-2H3;10,13H,3-9,11H2,1-2H3. The lowest BCUT2D eigenvalue weighted by Gasteiger charge is -2.30. The summed E-state index contributed by atoms with van der Waals surface area (Å²) in [5.41, 5.74) is 5.42. The zero-order chi connectivity index (χ0) is 28.4. The molecule has 2 aliphatic carbocycles. The summed E-state index contributed by atoms with van der Waals surface area (Å²) in [6, 6.07) is 1.80. The van der Waals surface area contributed by atoms with Crippen LogP contribution in [0.25, 0.3) is 0 Å². The van der Waals surface area contributed by atoms with E-state index in [0.29, 0.717) is 30.6 Å². The summed E-state index contributed by atoms with van der Waals surface area (Å²) in [6.45, 7) is 13.5. The van der Waals surface area contributed by atoms with Gasteiger partial charge in [-0.25, -0.2) is 0 Å². The van der Waals surface area contributed by atoms with Crippen molar-refractivity contribution < 1.29 is 15.3 Å². The Morgan fingerprint density at radius 2 is 1.74 bits per heavy atom. The molecule has 230 valence electrons. The molecule has 4 aliphatic rings. The average molecular weight is 554 g/mol. The highest BCUT2D eigenvalue weighted by Crippen LogP contribution is 2.44. The van der Waals surface area contributed by atoms with Crippen LogP contribution in [0, 0.1) is 23.7 Å². The molecule has 4 rings (SSSR count). The molecule has 39 heavy (non-hydrogen) atoms. The molecule has 0 aromatic carbocycles. The molecule has 2 heterocycles. The van der Waals surface area contributed by atoms with Crippen molar-refractivity contribution in [1.82, 2.24) is 20.4 Å². The molecule has 7 N–H and O–H groups in total. The lowest BCUT2D eigenvalue weighted by Crippen LogP contribution is -2.44. The average Bonchev–Trinajstić information content (AvgIpc) is 3.34. The fourth-order valence-electron chi connectivity index (χ4n) is 7.61. The summed E-state index contributed by atoms with van der Waals surface area (Å²) in [5.74, 6) is 3.00. The van der Waals surface area contributed by atoms with E-state index in [1.165, 1.54) is 44.9 Å². The number of nitrogens with two attached hydrogens (primary N) is 1. The van der Waals surface area contributed by atoms with Crippen molar-refractivity contribution >= 4 is 0 Å². The molecule has 0 bridgehead atoms. The number of likely N-dealkylation sites (tertiary alicyclic amines) is 1. The first kappa shape index (κ1) is 33.2. The number of aliphatic hydroxyl groups is 3. The predicted octanol–water partition coefficient (Wildman–Crippen LogP) is 2.71. The van der Waals surface area contributed by atoms with Gasteiger partial charge in [0, 0.05) is 50.3 Å². The first-order chi connectivity index (χ1) is 18.8. The molecule has 0 aromatic heterocycles. The molecule has 0 radical (unpaired) electrons. The number of hydrogen-bond acceptors (Lipinski definition) is 8. The molecule has 0 aromatic rings. The van der Waals surface area contributed by atoms with Gasteiger partial charge in [0.05, 0.1) is 6.61 Å². The van der Waals surface area contributed by atoms with Gasteiger partial charge in [0.15, 0.2) is 0 Å². The van der Waals surface area contributed by atoms with Gasteiger partial charge < -0.3 is 26.4 Å². The van der Waals surface area contributed by atoms with Gasteiger partial charge in [-0.1, -0.05) is 46.5 Å². The fraction of sp³-hybridized carbons (Fsp3) is 1.00. The number of aliphatic hydroxyl groups excluding tert-OH is 3. The molecule has 0 spiro atoms. The first-order valence-electron chi connectivity index (χ1n) is 16.5. The van der Waals surface area contributed by atoms with Crippen LogP contribution in [0.15, 0.2) is 0 Å². The van der Waals surface area contributed by atoms with Gasteiger partial charge in [-0.3, -0.25) is 15.1 Å². The Hall–Kier alpha value is -0.320. The predicted molar refractivity (Wildman–Crippen MR) is 160 cm³/mol. The quantitative estimate of drug-likeness (QED) is 0.172. The molecule has 10 unspecified atom stereocenters. The van der Waals surface area contributed by atoms with E-state index in [4.69, 9.17) is 5.73 Å². The van der Waals surface area contributed by atoms with E-state index in [-0.39, 0.29) is 12.6 Å². The SMILES string of the molecule is CC1CC1C(C)N1CC(NC(O)CC2CNC3CCCCC23)CC1CO.CCCCN(CCCC)C(O)CN. The lowest BCUT2D eigenvalue weighted by molar-refractivity contribution is 0.00924. The maximum Gasteiger partial charge on any atom is 0.119 e. The second kappa shape index (κ2) is 17.0. The van der Waals surface area contributed by atoms with Crippen LogP contribution in [-0.4, -0.2) is 101 Å². The van der Waals surface area contributed by atoms with Crippen LogP contribution < -0.4 is 16.4 Å². The van der Waals surface area contributed by atoms with Crippen LogP contribution in [0.2, 0.25) is 0 Å². The topological polar surface area (TPSA) is 117 Å². The minimum Gasteiger partial charge on any atom is -0.395 e. The third-order valence-corrected chi connectivity index (χ3v) is 10.2. The van der Waals surface area contributed by atoms with Crippen molar-refractivity contribution in [2.75, 3.05) is 39.3 Å². The summed E-state index contributed by atoms with van der Waals surface area (Å²) in [6.07, 6.45) is 12.3. The van der Waals surface area contributed by atoms with Gasteiger partial charge in [-0.15, -0.1) is 0 Å². The Balaban J connectivity index is 0.000000276. The Kier molecular flexibility index (Phi) is 14.4. The first-order valence-corrected chi connectivity index (χ1v) is 16.5. The van der Waals surface area contributed by atoms with Crippen molar-refractivity contribution in [1.29, 1.82) is 0 Å². The summed E-state index contributed by atoms with van der Waals surface area (Å²) in [4.78, 5) is 4.57. The molecule has 2 saturated carbocycles. The molecule has 10 atom stereocenters.